The fourth-order valence-corrected chi connectivity index (χ4v) is 3.05. The molecular weight excluding hydrogens is 432 g/mol. The van der Waals surface area contributed by atoms with Crippen molar-refractivity contribution in [3.63, 3.8) is 0 Å². The highest BCUT2D eigenvalue weighted by Gasteiger charge is 2.18. The Bertz CT molecular complexity index is 942. The van der Waals surface area contributed by atoms with E-state index in [0.717, 1.165) is 10.2 Å². The van der Waals surface area contributed by atoms with E-state index in [2.05, 4.69) is 21.2 Å². The number of benzene rings is 2. The van der Waals surface area contributed by atoms with Crippen molar-refractivity contribution in [3.8, 4) is 0 Å². The van der Waals surface area contributed by atoms with Crippen molar-refractivity contribution in [1.82, 2.24) is 0 Å². The van der Waals surface area contributed by atoms with E-state index >= 15 is 0 Å². The van der Waals surface area contributed by atoms with Crippen LogP contribution in [0, 0.1) is 0 Å². The van der Waals surface area contributed by atoms with Gasteiger partial charge in [0.25, 0.3) is 0 Å². The summed E-state index contributed by atoms with van der Waals surface area (Å²) in [7, 11) is 0. The van der Waals surface area contributed by atoms with Crippen molar-refractivity contribution >= 4 is 61.9 Å². The number of nitrogens with zero attached hydrogens (tertiary/aromatic N) is 1. The monoisotopic (exact) mass is 444 g/mol. The molecule has 0 saturated carbocycles. The smallest absolute Gasteiger partial charge is 0.238 e. The minimum Gasteiger partial charge on any atom is -0.867 e. The summed E-state index contributed by atoms with van der Waals surface area (Å²) in [6, 6.07) is 19.9. The first-order chi connectivity index (χ1) is 12.5. The first-order valence-corrected chi connectivity index (χ1v) is 9.33. The summed E-state index contributed by atoms with van der Waals surface area (Å²) in [5, 5.41) is 16.9. The topological polar surface area (TPSA) is 39.0 Å². The third-order valence-electron chi connectivity index (χ3n) is 3.61. The molecule has 0 fully saturated rings. The molecule has 3 nitrogen and oxygen atoms in total. The van der Waals surface area contributed by atoms with Crippen LogP contribution in [0.25, 0.3) is 11.5 Å². The number of thiocarbonyl (C=S) groups is 1. The van der Waals surface area contributed by atoms with Gasteiger partial charge in [-0.05, 0) is 47.7 Å². The Morgan fingerprint density at radius 1 is 0.962 bits per heavy atom. The van der Waals surface area contributed by atoms with Crippen LogP contribution in [-0.4, -0.2) is 4.99 Å². The molecule has 1 heterocycles. The molecule has 1 aromatic heterocycles. The Kier molecular flexibility index (Phi) is 6.04. The molecule has 0 atom stereocenters. The quantitative estimate of drug-likeness (QED) is 0.278. The number of nitrogens with one attached hydrogen (secondary N) is 1. The average molecular weight is 446 g/mol. The number of pyridine rings is 1. The fourth-order valence-electron chi connectivity index (χ4n) is 2.35. The van der Waals surface area contributed by atoms with Gasteiger partial charge in [0.15, 0.2) is 17.4 Å². The van der Waals surface area contributed by atoms with E-state index in [9.17, 15) is 5.11 Å². The molecule has 0 aliphatic heterocycles. The number of aromatic nitrogens is 1. The molecule has 26 heavy (non-hydrogen) atoms. The van der Waals surface area contributed by atoms with Gasteiger partial charge in [-0.15, -0.1) is 0 Å². The van der Waals surface area contributed by atoms with Crippen molar-refractivity contribution in [2.45, 2.75) is 0 Å². The summed E-state index contributed by atoms with van der Waals surface area (Å²) in [4.78, 5) is 0.330. The van der Waals surface area contributed by atoms with Crippen LogP contribution >= 0.6 is 39.7 Å². The zero-order valence-electron chi connectivity index (χ0n) is 13.5. The van der Waals surface area contributed by atoms with Gasteiger partial charge in [-0.1, -0.05) is 57.9 Å². The second kappa shape index (κ2) is 8.45. The maximum Gasteiger partial charge on any atom is 0.238 e. The molecule has 0 aliphatic rings. The molecule has 0 aliphatic carbocycles. The minimum absolute atomic E-state index is 0.167. The first kappa shape index (κ1) is 18.6. The largest absolute Gasteiger partial charge is 0.867 e. The fraction of sp³-hybridized carbons (Fsp3) is 0. The van der Waals surface area contributed by atoms with E-state index in [4.69, 9.17) is 23.8 Å². The molecule has 0 amide bonds. The minimum atomic E-state index is -0.167. The van der Waals surface area contributed by atoms with Crippen molar-refractivity contribution in [2.75, 3.05) is 5.32 Å². The van der Waals surface area contributed by atoms with Crippen molar-refractivity contribution < 1.29 is 9.67 Å². The standard InChI is InChI=1S/C20H14BrClN2OS/c21-15-6-4-14(5-7-15)19(25)18(24-12-2-1-3-13-24)20(26)23-17-10-8-16(22)9-11-17/h1-13H,(H-,23,25,26). The molecule has 0 bridgehead atoms. The number of halogens is 2. The van der Waals surface area contributed by atoms with Gasteiger partial charge in [-0.3, -0.25) is 0 Å². The lowest BCUT2D eigenvalue weighted by Crippen LogP contribution is -2.39. The molecule has 1 N–H and O–H groups in total. The number of hydrogen-bond donors (Lipinski definition) is 1. The van der Waals surface area contributed by atoms with Crippen LogP contribution in [0.1, 0.15) is 5.56 Å². The maximum absolute atomic E-state index is 13.1. The molecule has 0 spiro atoms. The van der Waals surface area contributed by atoms with Crippen molar-refractivity contribution in [1.29, 1.82) is 0 Å². The summed E-state index contributed by atoms with van der Waals surface area (Å²) >= 11 is 14.8. The molecule has 2 aromatic carbocycles. The molecule has 3 aromatic rings. The normalized spacial score (nSPS) is 11.6. The Morgan fingerprint density at radius 3 is 2.19 bits per heavy atom. The zero-order valence-corrected chi connectivity index (χ0v) is 16.7. The summed E-state index contributed by atoms with van der Waals surface area (Å²) in [6.07, 6.45) is 3.59. The van der Waals surface area contributed by atoms with Crippen LogP contribution in [0.3, 0.4) is 0 Å². The van der Waals surface area contributed by atoms with Gasteiger partial charge in [0.2, 0.25) is 5.70 Å². The predicted octanol–water partition coefficient (Wildman–Crippen LogP) is 4.52. The van der Waals surface area contributed by atoms with E-state index in [1.165, 1.54) is 0 Å². The zero-order chi connectivity index (χ0) is 18.5. The second-order valence-electron chi connectivity index (χ2n) is 5.43. The van der Waals surface area contributed by atoms with Crippen LogP contribution in [0.15, 0.2) is 83.6 Å². The molecule has 6 heteroatoms. The van der Waals surface area contributed by atoms with Gasteiger partial charge in [0, 0.05) is 27.3 Å². The molecular formula is C20H14BrClN2OS. The van der Waals surface area contributed by atoms with Crippen LogP contribution in [-0.2, 0) is 0 Å². The lowest BCUT2D eigenvalue weighted by atomic mass is 10.1. The van der Waals surface area contributed by atoms with Gasteiger partial charge < -0.3 is 10.4 Å². The second-order valence-corrected chi connectivity index (χ2v) is 7.19. The van der Waals surface area contributed by atoms with Crippen LogP contribution in [0.2, 0.25) is 5.02 Å². The van der Waals surface area contributed by atoms with E-state index in [1.807, 2.05) is 42.5 Å². The van der Waals surface area contributed by atoms with Gasteiger partial charge in [0.05, 0.1) is 0 Å². The number of anilines is 1. The highest BCUT2D eigenvalue weighted by atomic mass is 79.9. The highest BCUT2D eigenvalue weighted by Crippen LogP contribution is 2.20. The summed E-state index contributed by atoms with van der Waals surface area (Å²) in [5.41, 5.74) is 1.69. The Morgan fingerprint density at radius 2 is 1.58 bits per heavy atom. The van der Waals surface area contributed by atoms with Gasteiger partial charge in [-0.25, -0.2) is 0 Å². The van der Waals surface area contributed by atoms with Gasteiger partial charge in [-0.2, -0.15) is 4.57 Å². The highest BCUT2D eigenvalue weighted by molar-refractivity contribution is 9.10. The van der Waals surface area contributed by atoms with E-state index in [-0.39, 0.29) is 5.76 Å². The van der Waals surface area contributed by atoms with E-state index in [1.54, 1.807) is 41.2 Å². The van der Waals surface area contributed by atoms with Crippen LogP contribution < -0.4 is 15.0 Å². The van der Waals surface area contributed by atoms with Gasteiger partial charge >= 0.3 is 0 Å². The summed E-state index contributed by atoms with van der Waals surface area (Å²) < 4.78 is 2.63. The summed E-state index contributed by atoms with van der Waals surface area (Å²) in [6.45, 7) is 0. The molecule has 0 unspecified atom stereocenters. The Hall–Kier alpha value is -2.21. The van der Waals surface area contributed by atoms with E-state index < -0.39 is 0 Å². The van der Waals surface area contributed by atoms with E-state index in [0.29, 0.717) is 21.3 Å². The molecule has 3 rings (SSSR count). The molecule has 0 radical (unpaired) electrons. The SMILES string of the molecule is [O-]/C(=C(\C(=S)Nc1ccc(Cl)cc1)[n+]1ccccc1)c1ccc(Br)cc1. The Balaban J connectivity index is 2.03. The average Bonchev–Trinajstić information content (AvgIpc) is 2.65. The Labute approximate surface area is 170 Å². The summed E-state index contributed by atoms with van der Waals surface area (Å²) in [5.74, 6) is -0.167. The third kappa shape index (κ3) is 4.49. The van der Waals surface area contributed by atoms with Crippen molar-refractivity contribution in [3.05, 3.63) is 94.2 Å². The predicted molar refractivity (Wildman–Crippen MR) is 112 cm³/mol. The van der Waals surface area contributed by atoms with Gasteiger partial charge in [0.1, 0.15) is 0 Å². The third-order valence-corrected chi connectivity index (χ3v) is 4.69. The lowest BCUT2D eigenvalue weighted by molar-refractivity contribution is -0.577. The first-order valence-electron chi connectivity index (χ1n) is 7.75. The lowest BCUT2D eigenvalue weighted by Gasteiger charge is -2.17. The number of rotatable bonds is 4. The maximum atomic E-state index is 13.1. The van der Waals surface area contributed by atoms with Crippen LogP contribution in [0.4, 0.5) is 5.69 Å². The van der Waals surface area contributed by atoms with Crippen molar-refractivity contribution in [2.24, 2.45) is 0 Å². The molecule has 0 saturated heterocycles. The molecule has 130 valence electrons. The van der Waals surface area contributed by atoms with Crippen LogP contribution in [0.5, 0.6) is 0 Å². The number of hydrogen-bond acceptors (Lipinski definition) is 2.